The van der Waals surface area contributed by atoms with Crippen LogP contribution in [0.1, 0.15) is 27.2 Å². The molecule has 0 fully saturated rings. The van der Waals surface area contributed by atoms with Crippen molar-refractivity contribution in [3.63, 3.8) is 0 Å². The third-order valence-corrected chi connectivity index (χ3v) is 5.67. The van der Waals surface area contributed by atoms with E-state index >= 15 is 0 Å². The molecule has 0 unspecified atom stereocenters. The smallest absolute Gasteiger partial charge is 0.390 e. The van der Waals surface area contributed by atoms with Crippen LogP contribution < -0.4 is 10.6 Å². The van der Waals surface area contributed by atoms with Gasteiger partial charge >= 0.3 is 8.80 Å². The number of hydrogen-bond acceptors (Lipinski definition) is 5. The van der Waals surface area contributed by atoms with E-state index in [9.17, 15) is 0 Å². The molecule has 0 saturated carbocycles. The Bertz CT molecular complexity index is 201. The molecule has 19 heavy (non-hydrogen) atoms. The average Bonchev–Trinajstić information content (AvgIpc) is 2.39. The fourth-order valence-corrected chi connectivity index (χ4v) is 4.43. The Balaban J connectivity index is 3.92. The summed E-state index contributed by atoms with van der Waals surface area (Å²) < 4.78 is 17.4. The molecule has 0 radical (unpaired) electrons. The van der Waals surface area contributed by atoms with E-state index in [1.807, 2.05) is 20.8 Å². The summed E-state index contributed by atoms with van der Waals surface area (Å²) in [4.78, 5) is 0. The van der Waals surface area contributed by atoms with Crippen LogP contribution in [0.25, 0.3) is 0 Å². The monoisotopic (exact) mass is 290 g/mol. The van der Waals surface area contributed by atoms with E-state index in [2.05, 4.69) is 17.2 Å². The molecule has 0 aliphatic heterocycles. The molecule has 0 amide bonds. The molecule has 0 bridgehead atoms. The summed E-state index contributed by atoms with van der Waals surface area (Å²) in [6.07, 6.45) is 2.71. The molecule has 0 rings (SSSR count). The molecule has 0 aromatic heterocycles. The van der Waals surface area contributed by atoms with Gasteiger partial charge in [-0.05, 0) is 39.9 Å². The van der Waals surface area contributed by atoms with Gasteiger partial charge in [0.1, 0.15) is 0 Å². The second kappa shape index (κ2) is 12.6. The largest absolute Gasteiger partial charge is 0.500 e. The van der Waals surface area contributed by atoms with E-state index in [0.29, 0.717) is 19.8 Å². The molecular formula is C13H30N2O3Si. The molecular weight excluding hydrogens is 260 g/mol. The zero-order valence-corrected chi connectivity index (χ0v) is 13.7. The maximum absolute atomic E-state index is 5.80. The average molecular weight is 290 g/mol. The van der Waals surface area contributed by atoms with Crippen LogP contribution >= 0.6 is 0 Å². The van der Waals surface area contributed by atoms with Gasteiger partial charge in [-0.3, -0.25) is 0 Å². The number of nitrogens with one attached hydrogen (secondary N) is 2. The van der Waals surface area contributed by atoms with Crippen molar-refractivity contribution in [2.24, 2.45) is 0 Å². The van der Waals surface area contributed by atoms with Crippen molar-refractivity contribution in [1.82, 2.24) is 10.6 Å². The summed E-state index contributed by atoms with van der Waals surface area (Å²) in [6, 6.07) is 0.865. The number of hydrogen-bond donors (Lipinski definition) is 2. The topological polar surface area (TPSA) is 51.8 Å². The second-order valence-corrected chi connectivity index (χ2v) is 6.73. The van der Waals surface area contributed by atoms with Crippen LogP contribution in [0.3, 0.4) is 0 Å². The van der Waals surface area contributed by atoms with Crippen molar-refractivity contribution in [3.05, 3.63) is 12.8 Å². The lowest BCUT2D eigenvalue weighted by Crippen LogP contribution is -2.46. The van der Waals surface area contributed by atoms with Crippen LogP contribution in [0.4, 0.5) is 0 Å². The van der Waals surface area contributed by atoms with Crippen molar-refractivity contribution in [2.75, 3.05) is 39.5 Å². The molecule has 0 atom stereocenters. The van der Waals surface area contributed by atoms with Crippen molar-refractivity contribution in [1.29, 1.82) is 0 Å². The van der Waals surface area contributed by atoms with Crippen LogP contribution in [0.15, 0.2) is 12.8 Å². The van der Waals surface area contributed by atoms with Gasteiger partial charge in [-0.15, -0.1) is 0 Å². The van der Waals surface area contributed by atoms with E-state index in [4.69, 9.17) is 13.3 Å². The highest BCUT2D eigenvalue weighted by Gasteiger charge is 2.39. The van der Waals surface area contributed by atoms with Crippen LogP contribution in [0, 0.1) is 0 Å². The molecule has 0 aromatic carbocycles. The molecule has 2 N–H and O–H groups in total. The van der Waals surface area contributed by atoms with Gasteiger partial charge in [0.05, 0.1) is 0 Å². The van der Waals surface area contributed by atoms with Crippen LogP contribution in [0.5, 0.6) is 0 Å². The third-order valence-electron chi connectivity index (χ3n) is 2.52. The molecule has 5 nitrogen and oxygen atoms in total. The Labute approximate surface area is 119 Å². The molecule has 0 aromatic rings. The van der Waals surface area contributed by atoms with Crippen LogP contribution in [-0.2, 0) is 13.3 Å². The first-order valence-corrected chi connectivity index (χ1v) is 9.14. The molecule has 114 valence electrons. The van der Waals surface area contributed by atoms with Gasteiger partial charge in [-0.2, -0.15) is 0 Å². The lowest BCUT2D eigenvalue weighted by atomic mass is 10.4. The summed E-state index contributed by atoms with van der Waals surface area (Å²) in [5.41, 5.74) is 0. The second-order valence-electron chi connectivity index (χ2n) is 3.99. The summed E-state index contributed by atoms with van der Waals surface area (Å²) in [5.74, 6) is 0. The third kappa shape index (κ3) is 9.18. The van der Waals surface area contributed by atoms with Gasteiger partial charge in [0.2, 0.25) is 0 Å². The van der Waals surface area contributed by atoms with Crippen LogP contribution in [0.2, 0.25) is 6.04 Å². The van der Waals surface area contributed by atoms with Crippen molar-refractivity contribution < 1.29 is 13.3 Å². The normalized spacial score (nSPS) is 11.5. The van der Waals surface area contributed by atoms with Gasteiger partial charge < -0.3 is 23.9 Å². The highest BCUT2D eigenvalue weighted by Crippen LogP contribution is 2.17. The molecule has 0 aliphatic rings. The maximum atomic E-state index is 5.80. The summed E-state index contributed by atoms with van der Waals surface area (Å²) in [5, 5.41) is 6.42. The van der Waals surface area contributed by atoms with Crippen LogP contribution in [-0.4, -0.2) is 48.3 Å². The zero-order valence-electron chi connectivity index (χ0n) is 12.7. The summed E-state index contributed by atoms with van der Waals surface area (Å²) in [6.45, 7) is 14.3. The standard InChI is InChI=1S/C13H30N2O3Si/c1-5-14-11-12-15-10-9-13-19(16-6-2,17-7-3)18-8-4/h5,14-15H,1,6-13H2,2-4H3. The first-order valence-electron chi connectivity index (χ1n) is 7.21. The first kappa shape index (κ1) is 18.6. The van der Waals surface area contributed by atoms with E-state index in [1.54, 1.807) is 6.20 Å². The van der Waals surface area contributed by atoms with Gasteiger partial charge in [-0.1, -0.05) is 6.58 Å². The predicted molar refractivity (Wildman–Crippen MR) is 81.1 cm³/mol. The first-order chi connectivity index (χ1) is 9.24. The summed E-state index contributed by atoms with van der Waals surface area (Å²) in [7, 11) is -2.44. The Morgan fingerprint density at radius 2 is 1.53 bits per heavy atom. The molecule has 0 saturated heterocycles. The van der Waals surface area contributed by atoms with Gasteiger partial charge in [0.15, 0.2) is 0 Å². The van der Waals surface area contributed by atoms with E-state index in [0.717, 1.165) is 32.1 Å². The molecule has 0 aliphatic carbocycles. The minimum atomic E-state index is -2.44. The SMILES string of the molecule is C=CNCCNCCC[Si](OCC)(OCC)OCC. The predicted octanol–water partition coefficient (Wildman–Crippen LogP) is 1.75. The lowest BCUT2D eigenvalue weighted by Gasteiger charge is -2.28. The van der Waals surface area contributed by atoms with Crippen molar-refractivity contribution in [3.8, 4) is 0 Å². The van der Waals surface area contributed by atoms with Gasteiger partial charge in [0, 0.05) is 39.0 Å². The van der Waals surface area contributed by atoms with E-state index in [1.165, 1.54) is 0 Å². The van der Waals surface area contributed by atoms with E-state index < -0.39 is 8.80 Å². The number of rotatable bonds is 14. The Kier molecular flexibility index (Phi) is 12.4. The zero-order chi connectivity index (χ0) is 14.4. The van der Waals surface area contributed by atoms with Gasteiger partial charge in [-0.25, -0.2) is 0 Å². The Morgan fingerprint density at radius 1 is 0.947 bits per heavy atom. The highest BCUT2D eigenvalue weighted by molar-refractivity contribution is 6.60. The molecule has 0 spiro atoms. The maximum Gasteiger partial charge on any atom is 0.500 e. The minimum Gasteiger partial charge on any atom is -0.390 e. The van der Waals surface area contributed by atoms with Gasteiger partial charge in [0.25, 0.3) is 0 Å². The minimum absolute atomic E-state index is 0.642. The quantitative estimate of drug-likeness (QED) is 0.377. The van der Waals surface area contributed by atoms with Crippen molar-refractivity contribution >= 4 is 8.80 Å². The Morgan fingerprint density at radius 3 is 2.00 bits per heavy atom. The highest BCUT2D eigenvalue weighted by atomic mass is 28.4. The molecule has 6 heteroatoms. The Hall–Kier alpha value is -0.403. The molecule has 0 heterocycles. The summed E-state index contributed by atoms with van der Waals surface area (Å²) >= 11 is 0. The van der Waals surface area contributed by atoms with E-state index in [-0.39, 0.29) is 0 Å². The van der Waals surface area contributed by atoms with Crippen molar-refractivity contribution in [2.45, 2.75) is 33.2 Å². The fourth-order valence-electron chi connectivity index (χ4n) is 1.82. The fraction of sp³-hybridized carbons (Fsp3) is 0.846. The lowest BCUT2D eigenvalue weighted by molar-refractivity contribution is 0.0708.